The fraction of sp³-hybridized carbons (Fsp3) is 0.143. The lowest BCUT2D eigenvalue weighted by atomic mass is 10.2. The molecule has 0 radical (unpaired) electrons. The highest BCUT2D eigenvalue weighted by molar-refractivity contribution is 7.16. The molecule has 0 aliphatic heterocycles. The van der Waals surface area contributed by atoms with E-state index in [-0.39, 0.29) is 17.5 Å². The third kappa shape index (κ3) is 4.67. The van der Waals surface area contributed by atoms with Gasteiger partial charge in [0.1, 0.15) is 0 Å². The van der Waals surface area contributed by atoms with Crippen molar-refractivity contribution in [2.75, 3.05) is 11.9 Å². The van der Waals surface area contributed by atoms with Gasteiger partial charge in [-0.3, -0.25) is 14.9 Å². The lowest BCUT2D eigenvalue weighted by molar-refractivity contribution is -0.380. The molecule has 0 atom stereocenters. The van der Waals surface area contributed by atoms with Gasteiger partial charge in [-0.05, 0) is 30.7 Å². The number of carbonyl (C=O) groups is 1. The fourth-order valence-electron chi connectivity index (χ4n) is 1.65. The van der Waals surface area contributed by atoms with Crippen LogP contribution in [0, 0.1) is 17.0 Å². The summed E-state index contributed by atoms with van der Waals surface area (Å²) >= 11 is 0.989. The van der Waals surface area contributed by atoms with E-state index < -0.39 is 4.92 Å². The number of nitro groups is 1. The topological polar surface area (TPSA) is 96.6 Å². The Morgan fingerprint density at radius 3 is 2.91 bits per heavy atom. The summed E-state index contributed by atoms with van der Waals surface area (Å²) in [4.78, 5) is 22.3. The summed E-state index contributed by atoms with van der Waals surface area (Å²) in [5.41, 5.74) is 4.31. The Kier molecular flexibility index (Phi) is 5.21. The van der Waals surface area contributed by atoms with Gasteiger partial charge in [-0.1, -0.05) is 23.5 Å². The maximum atomic E-state index is 11.6. The number of hydrogen-bond donors (Lipinski definition) is 2. The van der Waals surface area contributed by atoms with Crippen LogP contribution in [0.2, 0.25) is 0 Å². The average molecular weight is 318 g/mol. The summed E-state index contributed by atoms with van der Waals surface area (Å²) in [6.45, 7) is 2.06. The maximum Gasteiger partial charge on any atom is 0.324 e. The largest absolute Gasteiger partial charge is 0.376 e. The lowest BCUT2D eigenvalue weighted by Crippen LogP contribution is -2.25. The molecule has 0 saturated carbocycles. The molecule has 1 heterocycles. The van der Waals surface area contributed by atoms with Crippen molar-refractivity contribution in [3.05, 3.63) is 57.0 Å². The van der Waals surface area contributed by atoms with Gasteiger partial charge in [-0.25, -0.2) is 5.43 Å². The zero-order valence-electron chi connectivity index (χ0n) is 11.8. The minimum Gasteiger partial charge on any atom is -0.376 e. The number of rotatable bonds is 6. The van der Waals surface area contributed by atoms with Crippen LogP contribution in [0.4, 0.5) is 10.7 Å². The van der Waals surface area contributed by atoms with E-state index in [1.54, 1.807) is 6.07 Å². The molecule has 8 heteroatoms. The van der Waals surface area contributed by atoms with E-state index in [4.69, 9.17) is 0 Å². The first kappa shape index (κ1) is 15.6. The Hall–Kier alpha value is -2.74. The predicted molar refractivity (Wildman–Crippen MR) is 86.4 cm³/mol. The van der Waals surface area contributed by atoms with Gasteiger partial charge in [0.25, 0.3) is 5.91 Å². The first-order chi connectivity index (χ1) is 10.5. The molecule has 22 heavy (non-hydrogen) atoms. The van der Waals surface area contributed by atoms with Crippen molar-refractivity contribution in [2.45, 2.75) is 6.92 Å². The van der Waals surface area contributed by atoms with Gasteiger partial charge in [0.2, 0.25) is 0 Å². The van der Waals surface area contributed by atoms with Gasteiger partial charge in [0.05, 0.1) is 22.6 Å². The van der Waals surface area contributed by atoms with Crippen LogP contribution in [0.3, 0.4) is 0 Å². The number of anilines is 1. The van der Waals surface area contributed by atoms with E-state index in [2.05, 4.69) is 15.8 Å². The second-order valence-corrected chi connectivity index (χ2v) is 5.54. The molecule has 1 aromatic carbocycles. The zero-order chi connectivity index (χ0) is 15.9. The number of thiophene rings is 1. The van der Waals surface area contributed by atoms with Gasteiger partial charge in [0, 0.05) is 11.8 Å². The molecule has 1 amide bonds. The van der Waals surface area contributed by atoms with Crippen molar-refractivity contribution in [1.29, 1.82) is 0 Å². The third-order valence-corrected chi connectivity index (χ3v) is 3.62. The van der Waals surface area contributed by atoms with Crippen LogP contribution in [0.25, 0.3) is 0 Å². The molecule has 0 fully saturated rings. The number of carbonyl (C=O) groups excluding carboxylic acids is 1. The number of nitrogens with one attached hydrogen (secondary N) is 2. The van der Waals surface area contributed by atoms with Crippen molar-refractivity contribution in [3.63, 3.8) is 0 Å². The number of amides is 1. The maximum absolute atomic E-state index is 11.6. The number of hydrazone groups is 1. The summed E-state index contributed by atoms with van der Waals surface area (Å²) in [6, 6.07) is 10.6. The van der Waals surface area contributed by atoms with E-state index in [1.807, 2.05) is 31.2 Å². The molecule has 2 rings (SSSR count). The minimum atomic E-state index is -0.466. The molecule has 0 spiro atoms. The van der Waals surface area contributed by atoms with Gasteiger partial charge in [0.15, 0.2) is 0 Å². The zero-order valence-corrected chi connectivity index (χ0v) is 12.6. The smallest absolute Gasteiger partial charge is 0.324 e. The highest BCUT2D eigenvalue weighted by Crippen LogP contribution is 2.22. The monoisotopic (exact) mass is 318 g/mol. The molecule has 1 aromatic heterocycles. The molecule has 2 N–H and O–H groups in total. The number of aryl methyl sites for hydroxylation is 1. The Labute approximate surface area is 130 Å². The summed E-state index contributed by atoms with van der Waals surface area (Å²) in [5.74, 6) is -0.302. The van der Waals surface area contributed by atoms with Crippen LogP contribution in [-0.2, 0) is 4.79 Å². The molecular weight excluding hydrogens is 304 g/mol. The predicted octanol–water partition coefficient (Wildman–Crippen LogP) is 2.53. The lowest BCUT2D eigenvalue weighted by Gasteiger charge is -2.05. The van der Waals surface area contributed by atoms with E-state index in [1.165, 1.54) is 12.3 Å². The molecular formula is C14H14N4O3S. The van der Waals surface area contributed by atoms with Crippen LogP contribution in [0.1, 0.15) is 10.4 Å². The Morgan fingerprint density at radius 1 is 1.41 bits per heavy atom. The first-order valence-corrected chi connectivity index (χ1v) is 7.23. The van der Waals surface area contributed by atoms with Crippen molar-refractivity contribution in [3.8, 4) is 0 Å². The molecule has 0 saturated heterocycles. The molecule has 0 unspecified atom stereocenters. The average Bonchev–Trinajstić information content (AvgIpc) is 2.94. The SMILES string of the molecule is Cc1cccc(NCC(=O)N/N=C/c2ccc([N+](=O)[O-])s2)c1. The molecule has 0 aliphatic carbocycles. The normalized spacial score (nSPS) is 10.6. The Morgan fingerprint density at radius 2 is 2.23 bits per heavy atom. The van der Waals surface area contributed by atoms with Crippen LogP contribution in [0.15, 0.2) is 41.5 Å². The highest BCUT2D eigenvalue weighted by atomic mass is 32.1. The molecule has 0 bridgehead atoms. The number of nitrogens with zero attached hydrogens (tertiary/aromatic N) is 2. The van der Waals surface area contributed by atoms with Crippen molar-refractivity contribution in [2.24, 2.45) is 5.10 Å². The van der Waals surface area contributed by atoms with E-state index >= 15 is 0 Å². The van der Waals surface area contributed by atoms with Crippen LogP contribution in [-0.4, -0.2) is 23.6 Å². The van der Waals surface area contributed by atoms with Crippen LogP contribution >= 0.6 is 11.3 Å². The van der Waals surface area contributed by atoms with Crippen molar-refractivity contribution in [1.82, 2.24) is 5.43 Å². The third-order valence-electron chi connectivity index (χ3n) is 2.64. The first-order valence-electron chi connectivity index (χ1n) is 6.41. The second kappa shape index (κ2) is 7.32. The summed E-state index contributed by atoms with van der Waals surface area (Å²) < 4.78 is 0. The van der Waals surface area contributed by atoms with E-state index in [0.29, 0.717) is 4.88 Å². The number of benzene rings is 1. The fourth-order valence-corrected chi connectivity index (χ4v) is 2.35. The van der Waals surface area contributed by atoms with Crippen molar-refractivity contribution < 1.29 is 9.72 Å². The Bertz CT molecular complexity index is 712. The molecule has 7 nitrogen and oxygen atoms in total. The number of hydrogen-bond acceptors (Lipinski definition) is 6. The highest BCUT2D eigenvalue weighted by Gasteiger charge is 2.08. The summed E-state index contributed by atoms with van der Waals surface area (Å²) in [5, 5.41) is 17.3. The minimum absolute atomic E-state index is 0.0360. The second-order valence-electron chi connectivity index (χ2n) is 4.45. The molecule has 2 aromatic rings. The summed E-state index contributed by atoms with van der Waals surface area (Å²) in [7, 11) is 0. The van der Waals surface area contributed by atoms with E-state index in [0.717, 1.165) is 22.6 Å². The van der Waals surface area contributed by atoms with Crippen LogP contribution in [0.5, 0.6) is 0 Å². The standard InChI is InChI=1S/C14H14N4O3S/c1-10-3-2-4-11(7-10)15-9-13(19)17-16-8-12-5-6-14(22-12)18(20)21/h2-8,15H,9H2,1H3,(H,17,19)/b16-8+. The molecule has 114 valence electrons. The molecule has 0 aliphatic rings. The van der Waals surface area contributed by atoms with Gasteiger partial charge >= 0.3 is 5.00 Å². The van der Waals surface area contributed by atoms with Gasteiger partial charge < -0.3 is 5.32 Å². The van der Waals surface area contributed by atoms with Gasteiger partial charge in [-0.2, -0.15) is 5.10 Å². The van der Waals surface area contributed by atoms with Crippen molar-refractivity contribution >= 4 is 34.1 Å². The van der Waals surface area contributed by atoms with Gasteiger partial charge in [-0.15, -0.1) is 0 Å². The van der Waals surface area contributed by atoms with Crippen LogP contribution < -0.4 is 10.7 Å². The summed E-state index contributed by atoms with van der Waals surface area (Å²) in [6.07, 6.45) is 1.38. The van der Waals surface area contributed by atoms with E-state index in [9.17, 15) is 14.9 Å². The quantitative estimate of drug-likeness (QED) is 0.486. The Balaban J connectivity index is 1.79.